The molecule has 128 valence electrons. The van der Waals surface area contributed by atoms with Crippen LogP contribution in [0.15, 0.2) is 6.20 Å². The Hall–Kier alpha value is -1.92. The summed E-state index contributed by atoms with van der Waals surface area (Å²) < 4.78 is 1.69. The van der Waals surface area contributed by atoms with Gasteiger partial charge in [0.1, 0.15) is 6.20 Å². The van der Waals surface area contributed by atoms with Crippen molar-refractivity contribution in [2.24, 2.45) is 11.8 Å². The molecule has 1 aromatic heterocycles. The molecule has 0 spiro atoms. The first-order valence-electron chi connectivity index (χ1n) is 8.34. The minimum atomic E-state index is -0.508. The lowest BCUT2D eigenvalue weighted by Crippen LogP contribution is -2.32. The highest BCUT2D eigenvalue weighted by molar-refractivity contribution is 5.76. The third-order valence-electron chi connectivity index (χ3n) is 4.79. The van der Waals surface area contributed by atoms with Gasteiger partial charge >= 0.3 is 5.82 Å². The van der Waals surface area contributed by atoms with E-state index in [9.17, 15) is 14.9 Å². The van der Waals surface area contributed by atoms with Crippen molar-refractivity contribution in [1.29, 1.82) is 0 Å². The zero-order valence-corrected chi connectivity index (χ0v) is 14.2. The van der Waals surface area contributed by atoms with Crippen molar-refractivity contribution in [3.05, 3.63) is 22.1 Å². The Morgan fingerprint density at radius 3 is 2.78 bits per heavy atom. The number of rotatable bonds is 5. The van der Waals surface area contributed by atoms with Gasteiger partial charge in [0, 0.05) is 33.0 Å². The van der Waals surface area contributed by atoms with E-state index in [1.54, 1.807) is 11.5 Å². The van der Waals surface area contributed by atoms with Crippen LogP contribution in [0.2, 0.25) is 0 Å². The molecule has 1 aliphatic rings. The molecule has 1 aromatic rings. The highest BCUT2D eigenvalue weighted by Gasteiger charge is 2.23. The Bertz CT molecular complexity index is 568. The molecular formula is C16H26N4O3. The Labute approximate surface area is 136 Å². The summed E-state index contributed by atoms with van der Waals surface area (Å²) in [5.74, 6) is 1.90. The molecule has 23 heavy (non-hydrogen) atoms. The second-order valence-electron chi connectivity index (χ2n) is 6.66. The van der Waals surface area contributed by atoms with E-state index in [1.807, 2.05) is 4.90 Å². The van der Waals surface area contributed by atoms with E-state index in [4.69, 9.17) is 0 Å². The summed E-state index contributed by atoms with van der Waals surface area (Å²) in [6.45, 7) is 8.30. The maximum absolute atomic E-state index is 12.4. The van der Waals surface area contributed by atoms with Crippen molar-refractivity contribution in [3.63, 3.8) is 0 Å². The fourth-order valence-electron chi connectivity index (χ4n) is 3.22. The summed E-state index contributed by atoms with van der Waals surface area (Å²) in [6.07, 6.45) is 5.08. The van der Waals surface area contributed by atoms with Crippen LogP contribution in [0, 0.1) is 28.9 Å². The third kappa shape index (κ3) is 4.53. The second kappa shape index (κ2) is 7.57. The van der Waals surface area contributed by atoms with Crippen LogP contribution in [0.1, 0.15) is 45.4 Å². The number of carbonyl (C=O) groups is 1. The van der Waals surface area contributed by atoms with E-state index in [1.165, 1.54) is 12.6 Å². The van der Waals surface area contributed by atoms with Crippen LogP contribution in [-0.2, 0) is 11.3 Å². The van der Waals surface area contributed by atoms with E-state index in [2.05, 4.69) is 18.8 Å². The Morgan fingerprint density at radius 2 is 2.17 bits per heavy atom. The van der Waals surface area contributed by atoms with Crippen LogP contribution in [0.4, 0.5) is 5.82 Å². The summed E-state index contributed by atoms with van der Waals surface area (Å²) in [5, 5.41) is 10.7. The molecule has 0 radical (unpaired) electrons. The van der Waals surface area contributed by atoms with Crippen LogP contribution in [0.5, 0.6) is 0 Å². The van der Waals surface area contributed by atoms with Gasteiger partial charge in [-0.1, -0.05) is 13.8 Å². The maximum Gasteiger partial charge on any atom is 0.381 e. The lowest BCUT2D eigenvalue weighted by molar-refractivity contribution is -0.389. The van der Waals surface area contributed by atoms with Gasteiger partial charge < -0.3 is 19.6 Å². The molecule has 1 amide bonds. The number of imidazole rings is 1. The van der Waals surface area contributed by atoms with Crippen LogP contribution in [0.25, 0.3) is 0 Å². The third-order valence-corrected chi connectivity index (χ3v) is 4.79. The number of nitro groups is 1. The fraction of sp³-hybridized carbons (Fsp3) is 0.750. The first-order chi connectivity index (χ1) is 10.9. The first kappa shape index (κ1) is 17.4. The van der Waals surface area contributed by atoms with Crippen molar-refractivity contribution in [3.8, 4) is 0 Å². The molecule has 1 fully saturated rings. The number of hydrogen-bond acceptors (Lipinski definition) is 4. The van der Waals surface area contributed by atoms with Gasteiger partial charge in [-0.25, -0.2) is 0 Å². The van der Waals surface area contributed by atoms with Crippen molar-refractivity contribution in [1.82, 2.24) is 14.5 Å². The molecule has 0 unspecified atom stereocenters. The number of carbonyl (C=O) groups excluding carboxylic acids is 1. The predicted octanol–water partition coefficient (Wildman–Crippen LogP) is 2.77. The summed E-state index contributed by atoms with van der Waals surface area (Å²) in [5.41, 5.74) is 0. The van der Waals surface area contributed by atoms with E-state index in [-0.39, 0.29) is 11.7 Å². The number of nitrogens with zero attached hydrogens (tertiary/aromatic N) is 4. The summed E-state index contributed by atoms with van der Waals surface area (Å²) in [6, 6.07) is 0. The van der Waals surface area contributed by atoms with Crippen molar-refractivity contribution in [2.75, 3.05) is 13.1 Å². The minimum Gasteiger partial charge on any atom is -0.358 e. The molecule has 2 rings (SSSR count). The zero-order chi connectivity index (χ0) is 17.0. The Morgan fingerprint density at radius 1 is 1.43 bits per heavy atom. The van der Waals surface area contributed by atoms with E-state index in [0.29, 0.717) is 30.6 Å². The van der Waals surface area contributed by atoms with Gasteiger partial charge in [-0.05, 0) is 41.0 Å². The Balaban J connectivity index is 1.88. The molecule has 7 heteroatoms. The molecule has 2 heterocycles. The second-order valence-corrected chi connectivity index (χ2v) is 6.66. The van der Waals surface area contributed by atoms with Gasteiger partial charge in [0.15, 0.2) is 0 Å². The van der Waals surface area contributed by atoms with Gasteiger partial charge in [0.2, 0.25) is 11.7 Å². The number of hydrogen-bond donors (Lipinski definition) is 0. The zero-order valence-electron chi connectivity index (χ0n) is 14.2. The number of amides is 1. The quantitative estimate of drug-likeness (QED) is 0.616. The van der Waals surface area contributed by atoms with Gasteiger partial charge in [0.05, 0.1) is 0 Å². The lowest BCUT2D eigenvalue weighted by atomic mass is 9.89. The van der Waals surface area contributed by atoms with E-state index < -0.39 is 4.92 Å². The SMILES string of the molecule is Cc1nc([N+](=O)[O-])cn1CCC(=O)N1CCC[C@H](C(C)C)CC1. The van der Waals surface area contributed by atoms with Gasteiger partial charge in [-0.3, -0.25) is 4.79 Å². The summed E-state index contributed by atoms with van der Waals surface area (Å²) in [7, 11) is 0. The van der Waals surface area contributed by atoms with Crippen molar-refractivity contribution >= 4 is 11.7 Å². The molecule has 7 nitrogen and oxygen atoms in total. The van der Waals surface area contributed by atoms with Crippen LogP contribution < -0.4 is 0 Å². The van der Waals surface area contributed by atoms with Crippen molar-refractivity contribution < 1.29 is 9.72 Å². The normalized spacial score (nSPS) is 19.0. The topological polar surface area (TPSA) is 81.3 Å². The largest absolute Gasteiger partial charge is 0.381 e. The molecule has 0 N–H and O–H groups in total. The monoisotopic (exact) mass is 322 g/mol. The molecule has 1 atom stereocenters. The van der Waals surface area contributed by atoms with Gasteiger partial charge in [0.25, 0.3) is 0 Å². The van der Waals surface area contributed by atoms with Gasteiger partial charge in [-0.2, -0.15) is 0 Å². The molecule has 1 saturated heterocycles. The minimum absolute atomic E-state index is 0.130. The van der Waals surface area contributed by atoms with Crippen LogP contribution in [-0.4, -0.2) is 38.4 Å². The molecular weight excluding hydrogens is 296 g/mol. The molecule has 0 saturated carbocycles. The standard InChI is InChI=1S/C16H26N4O3/c1-12(2)14-5-4-8-18(9-6-14)16(21)7-10-19-11-15(20(22)23)17-13(19)3/h11-12,14H,4-10H2,1-3H3/t14-/m0/s1. The average Bonchev–Trinajstić information content (AvgIpc) is 2.72. The lowest BCUT2D eigenvalue weighted by Gasteiger charge is -2.21. The summed E-state index contributed by atoms with van der Waals surface area (Å²) >= 11 is 0. The molecule has 1 aliphatic heterocycles. The first-order valence-corrected chi connectivity index (χ1v) is 8.34. The van der Waals surface area contributed by atoms with Crippen LogP contribution >= 0.6 is 0 Å². The van der Waals surface area contributed by atoms with Crippen molar-refractivity contribution in [2.45, 2.75) is 53.0 Å². The number of likely N-dealkylation sites (tertiary alicyclic amines) is 1. The van der Waals surface area contributed by atoms with Crippen LogP contribution in [0.3, 0.4) is 0 Å². The van der Waals surface area contributed by atoms with E-state index in [0.717, 1.165) is 25.9 Å². The van der Waals surface area contributed by atoms with E-state index >= 15 is 0 Å². The Kier molecular flexibility index (Phi) is 5.74. The smallest absolute Gasteiger partial charge is 0.358 e. The molecule has 0 bridgehead atoms. The highest BCUT2D eigenvalue weighted by Crippen LogP contribution is 2.24. The summed E-state index contributed by atoms with van der Waals surface area (Å²) in [4.78, 5) is 28.5. The van der Waals surface area contributed by atoms with Gasteiger partial charge in [-0.15, -0.1) is 0 Å². The molecule has 0 aliphatic carbocycles. The highest BCUT2D eigenvalue weighted by atomic mass is 16.6. The number of aryl methyl sites for hydroxylation is 2. The number of aromatic nitrogens is 2. The fourth-order valence-corrected chi connectivity index (χ4v) is 3.22. The predicted molar refractivity (Wildman–Crippen MR) is 87.0 cm³/mol. The molecule has 0 aromatic carbocycles. The average molecular weight is 322 g/mol. The maximum atomic E-state index is 12.4.